The van der Waals surface area contributed by atoms with E-state index in [2.05, 4.69) is 34.9 Å². The van der Waals surface area contributed by atoms with Gasteiger partial charge in [0, 0.05) is 16.3 Å². The number of hydrogen-bond acceptors (Lipinski definition) is 4. The average Bonchev–Trinajstić information content (AvgIpc) is 2.87. The van der Waals surface area contributed by atoms with Crippen LogP contribution in [-0.4, -0.2) is 17.6 Å². The molecular formula is C13H23N3OS. The van der Waals surface area contributed by atoms with Crippen LogP contribution in [0.2, 0.25) is 0 Å². The second-order valence-corrected chi connectivity index (χ2v) is 6.14. The van der Waals surface area contributed by atoms with Crippen molar-refractivity contribution in [1.82, 2.24) is 5.32 Å². The molecule has 0 radical (unpaired) electrons. The van der Waals surface area contributed by atoms with Gasteiger partial charge < -0.3 is 16.3 Å². The Morgan fingerprint density at radius 2 is 2.33 bits per heavy atom. The van der Waals surface area contributed by atoms with Crippen LogP contribution >= 0.6 is 11.3 Å². The van der Waals surface area contributed by atoms with Gasteiger partial charge in [-0.3, -0.25) is 0 Å². The van der Waals surface area contributed by atoms with E-state index in [4.69, 9.17) is 10.9 Å². The van der Waals surface area contributed by atoms with Gasteiger partial charge in [0.15, 0.2) is 0 Å². The minimum Gasteiger partial charge on any atom is -0.409 e. The summed E-state index contributed by atoms with van der Waals surface area (Å²) in [5.41, 5.74) is 5.40. The quantitative estimate of drug-likeness (QED) is 0.234. The minimum absolute atomic E-state index is 0.247. The van der Waals surface area contributed by atoms with Gasteiger partial charge >= 0.3 is 0 Å². The van der Waals surface area contributed by atoms with Crippen molar-refractivity contribution in [2.24, 2.45) is 16.3 Å². The topological polar surface area (TPSA) is 70.6 Å². The smallest absolute Gasteiger partial charge is 0.144 e. The van der Waals surface area contributed by atoms with Crippen molar-refractivity contribution in [1.29, 1.82) is 0 Å². The number of oxime groups is 1. The Labute approximate surface area is 113 Å². The third-order valence-corrected chi connectivity index (χ3v) is 4.26. The molecule has 0 bridgehead atoms. The molecule has 0 saturated carbocycles. The normalized spacial score (nSPS) is 14.7. The van der Waals surface area contributed by atoms with Crippen molar-refractivity contribution in [3.05, 3.63) is 22.4 Å². The maximum absolute atomic E-state index is 8.69. The summed E-state index contributed by atoms with van der Waals surface area (Å²) >= 11 is 1.77. The Balaban J connectivity index is 2.27. The van der Waals surface area contributed by atoms with E-state index in [9.17, 15) is 0 Å². The third kappa shape index (κ3) is 4.31. The van der Waals surface area contributed by atoms with E-state index >= 15 is 0 Å². The van der Waals surface area contributed by atoms with Gasteiger partial charge in [-0.05, 0) is 37.8 Å². The summed E-state index contributed by atoms with van der Waals surface area (Å²) in [4.78, 5) is 1.35. The highest BCUT2D eigenvalue weighted by atomic mass is 32.1. The minimum atomic E-state index is -0.247. The Morgan fingerprint density at radius 1 is 1.61 bits per heavy atom. The van der Waals surface area contributed by atoms with Gasteiger partial charge in [-0.1, -0.05) is 25.1 Å². The Hall–Kier alpha value is -1.07. The molecule has 0 spiro atoms. The molecule has 1 atom stereocenters. The monoisotopic (exact) mass is 269 g/mol. The molecule has 102 valence electrons. The Morgan fingerprint density at radius 3 is 2.89 bits per heavy atom. The molecule has 1 aromatic heterocycles. The lowest BCUT2D eigenvalue weighted by Gasteiger charge is -2.23. The average molecular weight is 269 g/mol. The Kier molecular flexibility index (Phi) is 5.62. The van der Waals surface area contributed by atoms with Crippen molar-refractivity contribution in [2.45, 2.75) is 39.7 Å². The molecule has 1 heterocycles. The van der Waals surface area contributed by atoms with E-state index in [-0.39, 0.29) is 5.41 Å². The van der Waals surface area contributed by atoms with E-state index in [0.29, 0.717) is 11.9 Å². The van der Waals surface area contributed by atoms with Gasteiger partial charge in [0.1, 0.15) is 5.84 Å². The first-order valence-corrected chi connectivity index (χ1v) is 7.10. The van der Waals surface area contributed by atoms with Crippen LogP contribution in [0.5, 0.6) is 0 Å². The zero-order chi connectivity index (χ0) is 13.6. The first-order chi connectivity index (χ1) is 8.47. The van der Waals surface area contributed by atoms with E-state index < -0.39 is 0 Å². The largest absolute Gasteiger partial charge is 0.409 e. The molecule has 4 nitrogen and oxygen atoms in total. The van der Waals surface area contributed by atoms with Crippen molar-refractivity contribution in [3.8, 4) is 0 Å². The maximum atomic E-state index is 8.69. The van der Waals surface area contributed by atoms with Crippen LogP contribution in [0.3, 0.4) is 0 Å². The summed E-state index contributed by atoms with van der Waals surface area (Å²) in [7, 11) is 0. The molecule has 0 aliphatic rings. The molecule has 5 heteroatoms. The molecule has 0 fully saturated rings. The fourth-order valence-electron chi connectivity index (χ4n) is 1.75. The fraction of sp³-hybridized carbons (Fsp3) is 0.615. The predicted octanol–water partition coefficient (Wildman–Crippen LogP) is 2.95. The van der Waals surface area contributed by atoms with Crippen LogP contribution in [-0.2, 0) is 0 Å². The molecule has 0 unspecified atom stereocenters. The summed E-state index contributed by atoms with van der Waals surface area (Å²) in [6.45, 7) is 7.08. The van der Waals surface area contributed by atoms with Crippen LogP contribution < -0.4 is 11.1 Å². The standard InChI is InChI=1S/C13H23N3OS/c1-10(11-6-4-9-18-11)15-8-5-7-13(2,3)12(14)16-17/h4,6,9-10,15,17H,5,7-8H2,1-3H3,(H2,14,16)/t10-/m0/s1. The summed E-state index contributed by atoms with van der Waals surface area (Å²) in [5, 5.41) is 17.4. The molecule has 0 amide bonds. The van der Waals surface area contributed by atoms with Gasteiger partial charge in [-0.15, -0.1) is 11.3 Å². The molecule has 0 saturated heterocycles. The highest BCUT2D eigenvalue weighted by Gasteiger charge is 2.22. The van der Waals surface area contributed by atoms with Gasteiger partial charge in [0.25, 0.3) is 0 Å². The van der Waals surface area contributed by atoms with Crippen molar-refractivity contribution in [2.75, 3.05) is 6.54 Å². The van der Waals surface area contributed by atoms with Gasteiger partial charge in [-0.25, -0.2) is 0 Å². The van der Waals surface area contributed by atoms with Crippen molar-refractivity contribution >= 4 is 17.2 Å². The van der Waals surface area contributed by atoms with Crippen LogP contribution in [0.4, 0.5) is 0 Å². The van der Waals surface area contributed by atoms with E-state index in [1.807, 2.05) is 13.8 Å². The second-order valence-electron chi connectivity index (χ2n) is 5.16. The zero-order valence-electron chi connectivity index (χ0n) is 11.3. The molecule has 0 aromatic carbocycles. The highest BCUT2D eigenvalue weighted by Crippen LogP contribution is 2.23. The van der Waals surface area contributed by atoms with Crippen LogP contribution in [0, 0.1) is 5.41 Å². The summed E-state index contributed by atoms with van der Waals surface area (Å²) in [6.07, 6.45) is 1.89. The van der Waals surface area contributed by atoms with E-state index in [1.54, 1.807) is 11.3 Å². The highest BCUT2D eigenvalue weighted by molar-refractivity contribution is 7.10. The number of rotatable bonds is 7. The lowest BCUT2D eigenvalue weighted by molar-refractivity contribution is 0.304. The first-order valence-electron chi connectivity index (χ1n) is 6.22. The van der Waals surface area contributed by atoms with Gasteiger partial charge in [-0.2, -0.15) is 0 Å². The lowest BCUT2D eigenvalue weighted by atomic mass is 9.86. The third-order valence-electron chi connectivity index (χ3n) is 3.20. The van der Waals surface area contributed by atoms with Crippen LogP contribution in [0.1, 0.15) is 44.5 Å². The number of nitrogens with one attached hydrogen (secondary N) is 1. The Bertz CT molecular complexity index is 374. The molecule has 18 heavy (non-hydrogen) atoms. The number of thiophene rings is 1. The van der Waals surface area contributed by atoms with Gasteiger partial charge in [0.2, 0.25) is 0 Å². The van der Waals surface area contributed by atoms with E-state index in [0.717, 1.165) is 19.4 Å². The van der Waals surface area contributed by atoms with Crippen molar-refractivity contribution < 1.29 is 5.21 Å². The summed E-state index contributed by atoms with van der Waals surface area (Å²) in [5.74, 6) is 0.300. The van der Waals surface area contributed by atoms with Crippen LogP contribution in [0.15, 0.2) is 22.7 Å². The van der Waals surface area contributed by atoms with Crippen LogP contribution in [0.25, 0.3) is 0 Å². The number of amidine groups is 1. The number of nitrogens with zero attached hydrogens (tertiary/aromatic N) is 1. The first kappa shape index (κ1) is 15.0. The van der Waals surface area contributed by atoms with Gasteiger partial charge in [0.05, 0.1) is 0 Å². The maximum Gasteiger partial charge on any atom is 0.144 e. The SMILES string of the molecule is C[C@H](NCCCC(C)(C)/C(N)=N/O)c1cccs1. The molecule has 4 N–H and O–H groups in total. The molecular weight excluding hydrogens is 246 g/mol. The predicted molar refractivity (Wildman–Crippen MR) is 77.2 cm³/mol. The molecule has 1 aromatic rings. The van der Waals surface area contributed by atoms with Crippen molar-refractivity contribution in [3.63, 3.8) is 0 Å². The zero-order valence-corrected chi connectivity index (χ0v) is 12.1. The molecule has 0 aliphatic heterocycles. The molecule has 1 rings (SSSR count). The number of nitrogens with two attached hydrogens (primary N) is 1. The summed E-state index contributed by atoms with van der Waals surface area (Å²) < 4.78 is 0. The fourth-order valence-corrected chi connectivity index (χ4v) is 2.51. The number of hydrogen-bond donors (Lipinski definition) is 3. The molecule has 0 aliphatic carbocycles. The lowest BCUT2D eigenvalue weighted by Crippen LogP contribution is -2.32. The summed E-state index contributed by atoms with van der Waals surface area (Å²) in [6, 6.07) is 4.60. The van der Waals surface area contributed by atoms with E-state index in [1.165, 1.54) is 4.88 Å². The second kappa shape index (κ2) is 6.75.